The zero-order chi connectivity index (χ0) is 19.2. The largest absolute Gasteiger partial charge is 0.495 e. The number of methoxy groups -OCH3 is 1. The van der Waals surface area contributed by atoms with Crippen LogP contribution in [0.5, 0.6) is 5.75 Å². The molecule has 1 N–H and O–H groups in total. The summed E-state index contributed by atoms with van der Waals surface area (Å²) in [6.07, 6.45) is 0.973. The van der Waals surface area contributed by atoms with Crippen molar-refractivity contribution >= 4 is 23.3 Å². The lowest BCUT2D eigenvalue weighted by Crippen LogP contribution is -2.44. The minimum Gasteiger partial charge on any atom is -0.495 e. The van der Waals surface area contributed by atoms with E-state index in [4.69, 9.17) is 16.3 Å². The summed E-state index contributed by atoms with van der Waals surface area (Å²) in [6, 6.07) is 15.7. The number of hydrogen-bond donors (Lipinski definition) is 1. The number of benzene rings is 2. The van der Waals surface area contributed by atoms with E-state index >= 15 is 0 Å². The third-order valence-corrected chi connectivity index (χ3v) is 5.18. The van der Waals surface area contributed by atoms with Gasteiger partial charge in [-0.1, -0.05) is 41.9 Å². The molecule has 1 atom stereocenters. The van der Waals surface area contributed by atoms with Crippen LogP contribution in [0.1, 0.15) is 18.9 Å². The fraction of sp³-hybridized carbons (Fsp3) is 0.381. The van der Waals surface area contributed by atoms with Crippen molar-refractivity contribution in [1.29, 1.82) is 0 Å². The first kappa shape index (κ1) is 19.5. The van der Waals surface area contributed by atoms with Crippen LogP contribution in [0.25, 0.3) is 0 Å². The SMILES string of the molecule is CCN(C(=O)Nc1cc(Cl)ccc1OC)C1CCN(Cc2ccccc2)C1. The van der Waals surface area contributed by atoms with Crippen molar-refractivity contribution in [2.75, 3.05) is 32.1 Å². The Morgan fingerprint density at radius 2 is 2.07 bits per heavy atom. The van der Waals surface area contributed by atoms with E-state index in [9.17, 15) is 4.79 Å². The van der Waals surface area contributed by atoms with Gasteiger partial charge in [0, 0.05) is 37.2 Å². The maximum Gasteiger partial charge on any atom is 0.322 e. The summed E-state index contributed by atoms with van der Waals surface area (Å²) in [5.74, 6) is 0.598. The third kappa shape index (κ3) is 4.93. The fourth-order valence-electron chi connectivity index (χ4n) is 3.58. The maximum absolute atomic E-state index is 12.9. The van der Waals surface area contributed by atoms with Gasteiger partial charge < -0.3 is 15.0 Å². The predicted molar refractivity (Wildman–Crippen MR) is 110 cm³/mol. The molecular weight excluding hydrogens is 362 g/mol. The van der Waals surface area contributed by atoms with E-state index in [2.05, 4.69) is 34.5 Å². The number of hydrogen-bond acceptors (Lipinski definition) is 3. The quantitative estimate of drug-likeness (QED) is 0.794. The number of nitrogens with zero attached hydrogens (tertiary/aromatic N) is 2. The van der Waals surface area contributed by atoms with Crippen molar-refractivity contribution in [1.82, 2.24) is 9.80 Å². The van der Waals surface area contributed by atoms with E-state index in [1.165, 1.54) is 5.56 Å². The highest BCUT2D eigenvalue weighted by molar-refractivity contribution is 6.31. The molecule has 2 aromatic carbocycles. The second-order valence-electron chi connectivity index (χ2n) is 6.72. The van der Waals surface area contributed by atoms with Gasteiger partial charge in [-0.3, -0.25) is 4.90 Å². The highest BCUT2D eigenvalue weighted by atomic mass is 35.5. The van der Waals surface area contributed by atoms with Gasteiger partial charge in [0.25, 0.3) is 0 Å². The van der Waals surface area contributed by atoms with Gasteiger partial charge in [0.05, 0.1) is 12.8 Å². The van der Waals surface area contributed by atoms with Crippen LogP contribution < -0.4 is 10.1 Å². The Labute approximate surface area is 165 Å². The molecule has 1 unspecified atom stereocenters. The number of anilines is 1. The van der Waals surface area contributed by atoms with Crippen LogP contribution in [0.2, 0.25) is 5.02 Å². The van der Waals surface area contributed by atoms with E-state index in [1.54, 1.807) is 25.3 Å². The molecule has 1 fully saturated rings. The highest BCUT2D eigenvalue weighted by Crippen LogP contribution is 2.28. The molecule has 1 aliphatic heterocycles. The second-order valence-corrected chi connectivity index (χ2v) is 7.16. The number of amides is 2. The van der Waals surface area contributed by atoms with Crippen LogP contribution in [0, 0.1) is 0 Å². The number of rotatable bonds is 6. The van der Waals surface area contributed by atoms with Crippen LogP contribution in [0.4, 0.5) is 10.5 Å². The topological polar surface area (TPSA) is 44.8 Å². The van der Waals surface area contributed by atoms with E-state index < -0.39 is 0 Å². The number of halogens is 1. The summed E-state index contributed by atoms with van der Waals surface area (Å²) in [4.78, 5) is 17.2. The molecule has 2 aromatic rings. The lowest BCUT2D eigenvalue weighted by molar-refractivity contribution is 0.189. The van der Waals surface area contributed by atoms with Gasteiger partial charge in [-0.25, -0.2) is 4.79 Å². The Morgan fingerprint density at radius 1 is 1.30 bits per heavy atom. The van der Waals surface area contributed by atoms with Crippen LogP contribution in [-0.4, -0.2) is 48.6 Å². The second kappa shape index (κ2) is 9.11. The molecule has 0 aliphatic carbocycles. The molecule has 1 aliphatic rings. The standard InChI is InChI=1S/C21H26ClN3O2/c1-3-25(21(26)23-19-13-17(22)9-10-20(19)27-2)18-11-12-24(15-18)14-16-7-5-4-6-8-16/h4-10,13,18H,3,11-12,14-15H2,1-2H3,(H,23,26). The molecule has 6 heteroatoms. The molecule has 0 saturated carbocycles. The minimum absolute atomic E-state index is 0.121. The number of carbonyl (C=O) groups is 1. The molecule has 5 nitrogen and oxygen atoms in total. The first-order valence-corrected chi connectivity index (χ1v) is 9.66. The average molecular weight is 388 g/mol. The summed E-state index contributed by atoms with van der Waals surface area (Å²) < 4.78 is 5.32. The molecule has 0 bridgehead atoms. The van der Waals surface area contributed by atoms with E-state index in [1.807, 2.05) is 17.9 Å². The van der Waals surface area contributed by atoms with Crippen LogP contribution >= 0.6 is 11.6 Å². The normalized spacial score (nSPS) is 16.9. The van der Waals surface area contributed by atoms with Crippen LogP contribution in [0.3, 0.4) is 0 Å². The Bertz CT molecular complexity index is 769. The van der Waals surface area contributed by atoms with Crippen LogP contribution in [0.15, 0.2) is 48.5 Å². The smallest absolute Gasteiger partial charge is 0.322 e. The van der Waals surface area contributed by atoms with Crippen molar-refractivity contribution < 1.29 is 9.53 Å². The molecule has 0 spiro atoms. The number of carbonyl (C=O) groups excluding carboxylic acids is 1. The number of urea groups is 1. The summed E-state index contributed by atoms with van der Waals surface area (Å²) in [5, 5.41) is 3.51. The molecule has 27 heavy (non-hydrogen) atoms. The first-order chi connectivity index (χ1) is 13.1. The fourth-order valence-corrected chi connectivity index (χ4v) is 3.76. The van der Waals surface area contributed by atoms with Gasteiger partial charge >= 0.3 is 6.03 Å². The summed E-state index contributed by atoms with van der Waals surface area (Å²) >= 11 is 6.07. The van der Waals surface area contributed by atoms with Gasteiger partial charge in [0.15, 0.2) is 0 Å². The van der Waals surface area contributed by atoms with Crippen molar-refractivity contribution in [2.45, 2.75) is 25.9 Å². The molecule has 1 saturated heterocycles. The minimum atomic E-state index is -0.121. The lowest BCUT2D eigenvalue weighted by Gasteiger charge is -2.28. The third-order valence-electron chi connectivity index (χ3n) is 4.94. The monoisotopic (exact) mass is 387 g/mol. The predicted octanol–water partition coefficient (Wildman–Crippen LogP) is 4.48. The van der Waals surface area contributed by atoms with Crippen molar-refractivity contribution in [3.05, 3.63) is 59.1 Å². The molecule has 0 radical (unpaired) electrons. The Morgan fingerprint density at radius 3 is 2.78 bits per heavy atom. The summed E-state index contributed by atoms with van der Waals surface area (Å²) in [5.41, 5.74) is 1.89. The zero-order valence-corrected chi connectivity index (χ0v) is 16.6. The maximum atomic E-state index is 12.9. The van der Waals surface area contributed by atoms with Gasteiger partial charge in [-0.05, 0) is 37.1 Å². The summed E-state index contributed by atoms with van der Waals surface area (Å²) in [7, 11) is 1.58. The molecular formula is C21H26ClN3O2. The molecule has 1 heterocycles. The number of nitrogens with one attached hydrogen (secondary N) is 1. The Hall–Kier alpha value is -2.24. The molecule has 2 amide bonds. The van der Waals surface area contributed by atoms with Crippen molar-refractivity contribution in [2.24, 2.45) is 0 Å². The molecule has 144 valence electrons. The first-order valence-electron chi connectivity index (χ1n) is 9.28. The van der Waals surface area contributed by atoms with Gasteiger partial charge in [-0.2, -0.15) is 0 Å². The molecule has 0 aromatic heterocycles. The van der Waals surface area contributed by atoms with E-state index in [0.717, 1.165) is 26.1 Å². The van der Waals surface area contributed by atoms with E-state index in [-0.39, 0.29) is 12.1 Å². The number of likely N-dealkylation sites (tertiary alicyclic amines) is 1. The van der Waals surface area contributed by atoms with Gasteiger partial charge in [-0.15, -0.1) is 0 Å². The van der Waals surface area contributed by atoms with E-state index in [0.29, 0.717) is 23.0 Å². The average Bonchev–Trinajstić information content (AvgIpc) is 3.11. The number of likely N-dealkylation sites (N-methyl/N-ethyl adjacent to an activating group) is 1. The Balaban J connectivity index is 1.63. The van der Waals surface area contributed by atoms with Crippen molar-refractivity contribution in [3.63, 3.8) is 0 Å². The number of ether oxygens (including phenoxy) is 1. The van der Waals surface area contributed by atoms with Crippen LogP contribution in [-0.2, 0) is 6.54 Å². The van der Waals surface area contributed by atoms with Gasteiger partial charge in [0.2, 0.25) is 0 Å². The van der Waals surface area contributed by atoms with Crippen molar-refractivity contribution in [3.8, 4) is 5.75 Å². The Kier molecular flexibility index (Phi) is 6.58. The summed E-state index contributed by atoms with van der Waals surface area (Å²) in [6.45, 7) is 5.44. The van der Waals surface area contributed by atoms with Gasteiger partial charge in [0.1, 0.15) is 5.75 Å². The zero-order valence-electron chi connectivity index (χ0n) is 15.8. The lowest BCUT2D eigenvalue weighted by atomic mass is 10.2. The molecule has 3 rings (SSSR count). The highest BCUT2D eigenvalue weighted by Gasteiger charge is 2.30.